The lowest BCUT2D eigenvalue weighted by molar-refractivity contribution is 0.632. The molecule has 8 rings (SSSR count). The van der Waals surface area contributed by atoms with Crippen molar-refractivity contribution in [3.05, 3.63) is 109 Å². The van der Waals surface area contributed by atoms with Crippen LogP contribution in [-0.4, -0.2) is 19.1 Å². The molecular formula is C30H18N4O. The molecule has 5 heterocycles. The first kappa shape index (κ1) is 18.5. The summed E-state index contributed by atoms with van der Waals surface area (Å²) in [5.41, 5.74) is 7.77. The molecule has 0 bridgehead atoms. The Bertz CT molecular complexity index is 2020. The van der Waals surface area contributed by atoms with Crippen molar-refractivity contribution < 1.29 is 4.42 Å². The molecule has 0 amide bonds. The summed E-state index contributed by atoms with van der Waals surface area (Å²) in [6, 6.07) is 33.7. The van der Waals surface area contributed by atoms with Gasteiger partial charge in [0.25, 0.3) is 0 Å². The third-order valence-corrected chi connectivity index (χ3v) is 6.84. The smallest absolute Gasteiger partial charge is 0.229 e. The van der Waals surface area contributed by atoms with Crippen molar-refractivity contribution in [2.24, 2.45) is 0 Å². The molecule has 0 saturated carbocycles. The van der Waals surface area contributed by atoms with Gasteiger partial charge in [0, 0.05) is 28.9 Å². The lowest BCUT2D eigenvalue weighted by atomic mass is 10.2. The fraction of sp³-hybridized carbons (Fsp3) is 0. The van der Waals surface area contributed by atoms with E-state index in [0.29, 0.717) is 5.71 Å². The SMILES string of the molecule is c1cc(-n2c3ccccc3c3ccccc32)cc(-n2c3cccnc3c3c4cccnc4oc32)c1. The molecule has 164 valence electrons. The number of benzene rings is 3. The Kier molecular flexibility index (Phi) is 3.60. The molecule has 35 heavy (non-hydrogen) atoms. The first-order valence-electron chi connectivity index (χ1n) is 11.6. The Hall–Kier alpha value is -4.90. The molecule has 0 fully saturated rings. The van der Waals surface area contributed by atoms with Crippen LogP contribution in [0, 0.1) is 0 Å². The van der Waals surface area contributed by atoms with E-state index >= 15 is 0 Å². The minimum Gasteiger partial charge on any atom is -0.421 e. The average molecular weight is 451 g/mol. The van der Waals surface area contributed by atoms with Crippen LogP contribution < -0.4 is 0 Å². The van der Waals surface area contributed by atoms with E-state index in [-0.39, 0.29) is 0 Å². The third-order valence-electron chi connectivity index (χ3n) is 6.84. The molecule has 0 N–H and O–H groups in total. The highest BCUT2D eigenvalue weighted by molar-refractivity contribution is 6.17. The van der Waals surface area contributed by atoms with Gasteiger partial charge in [-0.25, -0.2) is 4.98 Å². The molecule has 8 aromatic rings. The number of furan rings is 1. The second kappa shape index (κ2) is 6.81. The van der Waals surface area contributed by atoms with Crippen molar-refractivity contribution >= 4 is 55.0 Å². The van der Waals surface area contributed by atoms with E-state index in [4.69, 9.17) is 9.40 Å². The second-order valence-electron chi connectivity index (χ2n) is 8.73. The van der Waals surface area contributed by atoms with E-state index < -0.39 is 0 Å². The number of para-hydroxylation sites is 2. The van der Waals surface area contributed by atoms with Crippen molar-refractivity contribution in [3.63, 3.8) is 0 Å². The van der Waals surface area contributed by atoms with E-state index in [2.05, 4.69) is 93.0 Å². The Morgan fingerprint density at radius 2 is 1.17 bits per heavy atom. The minimum atomic E-state index is 0.623. The lowest BCUT2D eigenvalue weighted by Crippen LogP contribution is -1.98. The van der Waals surface area contributed by atoms with Gasteiger partial charge < -0.3 is 8.98 Å². The predicted octanol–water partition coefficient (Wildman–Crippen LogP) is 7.42. The van der Waals surface area contributed by atoms with Gasteiger partial charge in [0.05, 0.1) is 33.0 Å². The highest BCUT2D eigenvalue weighted by Gasteiger charge is 2.21. The topological polar surface area (TPSA) is 48.8 Å². The summed E-state index contributed by atoms with van der Waals surface area (Å²) in [4.78, 5) is 9.17. The number of hydrogen-bond donors (Lipinski definition) is 0. The summed E-state index contributed by atoms with van der Waals surface area (Å²) in [6.45, 7) is 0. The van der Waals surface area contributed by atoms with Gasteiger partial charge in [-0.1, -0.05) is 42.5 Å². The van der Waals surface area contributed by atoms with Gasteiger partial charge in [0.1, 0.15) is 5.52 Å². The summed E-state index contributed by atoms with van der Waals surface area (Å²) in [7, 11) is 0. The molecule has 5 heteroatoms. The van der Waals surface area contributed by atoms with Crippen molar-refractivity contribution in [1.82, 2.24) is 19.1 Å². The van der Waals surface area contributed by atoms with Gasteiger partial charge in [-0.3, -0.25) is 9.55 Å². The molecule has 5 aromatic heterocycles. The van der Waals surface area contributed by atoms with Gasteiger partial charge in [-0.2, -0.15) is 0 Å². The first-order valence-corrected chi connectivity index (χ1v) is 11.6. The molecule has 0 saturated heterocycles. The van der Waals surface area contributed by atoms with Crippen LogP contribution >= 0.6 is 0 Å². The van der Waals surface area contributed by atoms with E-state index in [1.165, 1.54) is 21.8 Å². The van der Waals surface area contributed by atoms with Gasteiger partial charge in [0.15, 0.2) is 0 Å². The number of aromatic nitrogens is 4. The third kappa shape index (κ3) is 2.47. The van der Waals surface area contributed by atoms with Crippen LogP contribution in [0.25, 0.3) is 66.4 Å². The summed E-state index contributed by atoms with van der Waals surface area (Å²) >= 11 is 0. The Balaban J connectivity index is 1.46. The molecule has 5 nitrogen and oxygen atoms in total. The zero-order valence-corrected chi connectivity index (χ0v) is 18.6. The molecule has 0 atom stereocenters. The van der Waals surface area contributed by atoms with E-state index in [1.54, 1.807) is 6.20 Å². The largest absolute Gasteiger partial charge is 0.421 e. The van der Waals surface area contributed by atoms with Crippen LogP contribution in [0.1, 0.15) is 0 Å². The molecule has 0 aliphatic carbocycles. The molecule has 0 radical (unpaired) electrons. The van der Waals surface area contributed by atoms with Crippen LogP contribution in [0.5, 0.6) is 0 Å². The van der Waals surface area contributed by atoms with Crippen molar-refractivity contribution in [3.8, 4) is 11.4 Å². The highest BCUT2D eigenvalue weighted by Crippen LogP contribution is 2.38. The fourth-order valence-corrected chi connectivity index (χ4v) is 5.41. The maximum Gasteiger partial charge on any atom is 0.229 e. The predicted molar refractivity (Wildman–Crippen MR) is 140 cm³/mol. The second-order valence-corrected chi connectivity index (χ2v) is 8.73. The van der Waals surface area contributed by atoms with E-state index in [9.17, 15) is 0 Å². The molecular weight excluding hydrogens is 432 g/mol. The van der Waals surface area contributed by atoms with Crippen molar-refractivity contribution in [1.29, 1.82) is 0 Å². The normalized spacial score (nSPS) is 12.0. The van der Waals surface area contributed by atoms with E-state index in [1.807, 2.05) is 24.4 Å². The van der Waals surface area contributed by atoms with Crippen LogP contribution in [0.4, 0.5) is 0 Å². The van der Waals surface area contributed by atoms with Crippen LogP contribution in [0.3, 0.4) is 0 Å². The number of pyridine rings is 2. The van der Waals surface area contributed by atoms with E-state index in [0.717, 1.165) is 38.9 Å². The fourth-order valence-electron chi connectivity index (χ4n) is 5.41. The number of hydrogen-bond acceptors (Lipinski definition) is 3. The van der Waals surface area contributed by atoms with Crippen LogP contribution in [0.15, 0.2) is 114 Å². The zero-order valence-electron chi connectivity index (χ0n) is 18.6. The monoisotopic (exact) mass is 450 g/mol. The number of fused-ring (bicyclic) bond motifs is 8. The number of rotatable bonds is 2. The summed E-state index contributed by atoms with van der Waals surface area (Å²) in [5.74, 6) is 0. The summed E-state index contributed by atoms with van der Waals surface area (Å²) in [6.07, 6.45) is 3.59. The Morgan fingerprint density at radius 1 is 0.543 bits per heavy atom. The number of nitrogens with zero attached hydrogens (tertiary/aromatic N) is 4. The standard InChI is InChI=1S/C30H18N4O/c1-3-13-24-21(10-1)22-11-2-4-14-25(22)33(24)19-8-5-9-20(18-19)34-26-15-7-16-31-28(26)27-23-12-6-17-32-29(23)35-30(27)34/h1-18H. The Morgan fingerprint density at radius 3 is 1.97 bits per heavy atom. The molecule has 0 aliphatic rings. The minimum absolute atomic E-state index is 0.623. The molecule has 0 unspecified atom stereocenters. The summed E-state index contributed by atoms with van der Waals surface area (Å²) < 4.78 is 10.8. The van der Waals surface area contributed by atoms with Crippen molar-refractivity contribution in [2.45, 2.75) is 0 Å². The Labute approximate surface area is 199 Å². The van der Waals surface area contributed by atoms with Gasteiger partial charge in [-0.05, 0) is 54.6 Å². The summed E-state index contributed by atoms with van der Waals surface area (Å²) in [5, 5.41) is 4.46. The molecule has 0 spiro atoms. The van der Waals surface area contributed by atoms with Crippen LogP contribution in [-0.2, 0) is 0 Å². The highest BCUT2D eigenvalue weighted by atomic mass is 16.4. The quantitative estimate of drug-likeness (QED) is 0.275. The van der Waals surface area contributed by atoms with Gasteiger partial charge in [0.2, 0.25) is 11.4 Å². The maximum absolute atomic E-state index is 6.30. The zero-order chi connectivity index (χ0) is 22.9. The first-order chi connectivity index (χ1) is 17.4. The van der Waals surface area contributed by atoms with Crippen LogP contribution in [0.2, 0.25) is 0 Å². The lowest BCUT2D eigenvalue weighted by Gasteiger charge is -2.11. The maximum atomic E-state index is 6.30. The average Bonchev–Trinajstić information content (AvgIpc) is 3.55. The molecule has 0 aliphatic heterocycles. The van der Waals surface area contributed by atoms with Crippen molar-refractivity contribution in [2.75, 3.05) is 0 Å². The van der Waals surface area contributed by atoms with Gasteiger partial charge >= 0.3 is 0 Å². The van der Waals surface area contributed by atoms with Gasteiger partial charge in [-0.15, -0.1) is 0 Å². The molecule has 3 aromatic carbocycles.